The van der Waals surface area contributed by atoms with E-state index in [0.29, 0.717) is 19.4 Å². The molecular weight excluding hydrogens is 240 g/mol. The molecule has 2 rings (SSSR count). The molecule has 1 amide bonds. The van der Waals surface area contributed by atoms with Gasteiger partial charge in [0.2, 0.25) is 5.91 Å². The third-order valence-corrected chi connectivity index (χ3v) is 5.31. The molecule has 2 fully saturated rings. The third-order valence-electron chi connectivity index (χ3n) is 3.59. The van der Waals surface area contributed by atoms with E-state index in [0.717, 1.165) is 12.8 Å². The van der Waals surface area contributed by atoms with Crippen LogP contribution in [0, 0.1) is 0 Å². The Balaban J connectivity index is 2.03. The number of nitrogens with zero attached hydrogens (tertiary/aromatic N) is 1. The Labute approximate surface area is 102 Å². The molecule has 1 N–H and O–H groups in total. The minimum atomic E-state index is -2.85. The van der Waals surface area contributed by atoms with Crippen molar-refractivity contribution in [1.29, 1.82) is 0 Å². The van der Waals surface area contributed by atoms with Crippen molar-refractivity contribution in [2.75, 3.05) is 18.1 Å². The van der Waals surface area contributed by atoms with Crippen molar-refractivity contribution in [3.63, 3.8) is 0 Å². The predicted molar refractivity (Wildman–Crippen MR) is 65.2 cm³/mol. The normalized spacial score (nSPS) is 29.8. The zero-order valence-corrected chi connectivity index (χ0v) is 11.0. The molecule has 98 valence electrons. The first-order valence-corrected chi connectivity index (χ1v) is 8.10. The smallest absolute Gasteiger partial charge is 0.238 e. The summed E-state index contributed by atoms with van der Waals surface area (Å²) >= 11 is 0. The van der Waals surface area contributed by atoms with Gasteiger partial charge in [0.25, 0.3) is 0 Å². The summed E-state index contributed by atoms with van der Waals surface area (Å²) in [6.07, 6.45) is 3.26. The number of carbonyl (C=O) groups excluding carboxylic acids is 1. The molecule has 0 aliphatic carbocycles. The topological polar surface area (TPSA) is 66.5 Å². The fraction of sp³-hybridized carbons (Fsp3) is 0.909. The van der Waals surface area contributed by atoms with Gasteiger partial charge in [0.15, 0.2) is 0 Å². The highest BCUT2D eigenvalue weighted by molar-refractivity contribution is 7.91. The van der Waals surface area contributed by atoms with Gasteiger partial charge in [-0.25, -0.2) is 8.42 Å². The molecule has 1 atom stereocenters. The first kappa shape index (κ1) is 12.8. The summed E-state index contributed by atoms with van der Waals surface area (Å²) in [6.45, 7) is 2.49. The van der Waals surface area contributed by atoms with Crippen molar-refractivity contribution >= 4 is 15.7 Å². The standard InChI is InChI=1S/C11H20N2O3S/c1-2-3-10-12-8-11(14)13(10)9-4-6-17(15,16)7-5-9/h9-10,12H,2-8H2,1H3. The van der Waals surface area contributed by atoms with Crippen LogP contribution in [0.1, 0.15) is 32.6 Å². The highest BCUT2D eigenvalue weighted by Gasteiger charge is 2.37. The van der Waals surface area contributed by atoms with E-state index in [-0.39, 0.29) is 29.6 Å². The van der Waals surface area contributed by atoms with E-state index in [1.165, 1.54) is 0 Å². The number of nitrogens with one attached hydrogen (secondary N) is 1. The molecule has 0 aromatic carbocycles. The summed E-state index contributed by atoms with van der Waals surface area (Å²) in [6, 6.07) is 0.109. The maximum Gasteiger partial charge on any atom is 0.238 e. The first-order chi connectivity index (χ1) is 8.03. The zero-order chi connectivity index (χ0) is 12.5. The lowest BCUT2D eigenvalue weighted by molar-refractivity contribution is -0.130. The number of sulfone groups is 1. The Kier molecular flexibility index (Phi) is 3.73. The van der Waals surface area contributed by atoms with Gasteiger partial charge in [-0.15, -0.1) is 0 Å². The fourth-order valence-corrected chi connectivity index (χ4v) is 4.16. The Hall–Kier alpha value is -0.620. The second-order valence-corrected chi connectivity index (χ2v) is 7.17. The highest BCUT2D eigenvalue weighted by atomic mass is 32.2. The van der Waals surface area contributed by atoms with E-state index < -0.39 is 9.84 Å². The lowest BCUT2D eigenvalue weighted by Gasteiger charge is -2.35. The van der Waals surface area contributed by atoms with Gasteiger partial charge < -0.3 is 4.90 Å². The van der Waals surface area contributed by atoms with E-state index in [9.17, 15) is 13.2 Å². The van der Waals surface area contributed by atoms with Gasteiger partial charge in [0.1, 0.15) is 9.84 Å². The largest absolute Gasteiger partial charge is 0.323 e. The Morgan fingerprint density at radius 3 is 2.59 bits per heavy atom. The van der Waals surface area contributed by atoms with Gasteiger partial charge in [-0.3, -0.25) is 10.1 Å². The molecule has 2 heterocycles. The fourth-order valence-electron chi connectivity index (χ4n) is 2.70. The lowest BCUT2D eigenvalue weighted by Crippen LogP contribution is -2.47. The van der Waals surface area contributed by atoms with Gasteiger partial charge in [0, 0.05) is 6.04 Å². The van der Waals surface area contributed by atoms with Gasteiger partial charge in [-0.1, -0.05) is 13.3 Å². The summed E-state index contributed by atoms with van der Waals surface area (Å²) in [5, 5.41) is 3.20. The van der Waals surface area contributed by atoms with E-state index in [1.807, 2.05) is 4.90 Å². The number of rotatable bonds is 3. The minimum Gasteiger partial charge on any atom is -0.323 e. The van der Waals surface area contributed by atoms with Gasteiger partial charge >= 0.3 is 0 Å². The molecule has 0 radical (unpaired) electrons. The molecular formula is C11H20N2O3S. The van der Waals surface area contributed by atoms with Crippen LogP contribution in [0.3, 0.4) is 0 Å². The molecule has 0 spiro atoms. The van der Waals surface area contributed by atoms with E-state index >= 15 is 0 Å². The average molecular weight is 260 g/mol. The molecule has 0 aromatic heterocycles. The molecule has 0 aromatic rings. The van der Waals surface area contributed by atoms with Crippen LogP contribution in [0.15, 0.2) is 0 Å². The summed E-state index contributed by atoms with van der Waals surface area (Å²) < 4.78 is 22.8. The van der Waals surface area contributed by atoms with Crippen LogP contribution >= 0.6 is 0 Å². The molecule has 1 unspecified atom stereocenters. The van der Waals surface area contributed by atoms with Crippen molar-refractivity contribution in [3.05, 3.63) is 0 Å². The van der Waals surface area contributed by atoms with Crippen LogP contribution in [-0.2, 0) is 14.6 Å². The number of hydrogen-bond donors (Lipinski definition) is 1. The summed E-state index contributed by atoms with van der Waals surface area (Å²) in [5.41, 5.74) is 0. The molecule has 17 heavy (non-hydrogen) atoms. The summed E-state index contributed by atoms with van der Waals surface area (Å²) in [5.74, 6) is 0.563. The average Bonchev–Trinajstić information content (AvgIpc) is 2.61. The predicted octanol–water partition coefficient (Wildman–Crippen LogP) is 0.122. The van der Waals surface area contributed by atoms with Crippen LogP contribution in [0.4, 0.5) is 0 Å². The van der Waals surface area contributed by atoms with E-state index in [1.54, 1.807) is 0 Å². The molecule has 5 nitrogen and oxygen atoms in total. The van der Waals surface area contributed by atoms with Crippen molar-refractivity contribution in [2.45, 2.75) is 44.8 Å². The number of hydrogen-bond acceptors (Lipinski definition) is 4. The molecule has 2 aliphatic heterocycles. The summed E-state index contributed by atoms with van der Waals surface area (Å²) in [7, 11) is -2.85. The van der Waals surface area contributed by atoms with Crippen LogP contribution < -0.4 is 5.32 Å². The maximum absolute atomic E-state index is 11.8. The number of carbonyl (C=O) groups is 1. The molecule has 6 heteroatoms. The van der Waals surface area contributed by atoms with Crippen LogP contribution in [0.25, 0.3) is 0 Å². The van der Waals surface area contributed by atoms with Crippen molar-refractivity contribution in [3.8, 4) is 0 Å². The second kappa shape index (κ2) is 4.94. The molecule has 0 saturated carbocycles. The monoisotopic (exact) mass is 260 g/mol. The van der Waals surface area contributed by atoms with Crippen molar-refractivity contribution < 1.29 is 13.2 Å². The summed E-state index contributed by atoms with van der Waals surface area (Å²) in [4.78, 5) is 13.7. The van der Waals surface area contributed by atoms with Crippen LogP contribution in [0.5, 0.6) is 0 Å². The maximum atomic E-state index is 11.8. The minimum absolute atomic E-state index is 0.109. The molecule has 2 aliphatic rings. The van der Waals surface area contributed by atoms with E-state index in [2.05, 4.69) is 12.2 Å². The van der Waals surface area contributed by atoms with E-state index in [4.69, 9.17) is 0 Å². The van der Waals surface area contributed by atoms with Gasteiger partial charge in [0.05, 0.1) is 24.2 Å². The third kappa shape index (κ3) is 2.80. The SMILES string of the molecule is CCCC1NCC(=O)N1C1CCS(=O)(=O)CC1. The zero-order valence-electron chi connectivity index (χ0n) is 10.2. The van der Waals surface area contributed by atoms with Crippen molar-refractivity contribution in [2.24, 2.45) is 0 Å². The first-order valence-electron chi connectivity index (χ1n) is 6.28. The Bertz CT molecular complexity index is 380. The molecule has 2 saturated heterocycles. The lowest BCUT2D eigenvalue weighted by atomic mass is 10.1. The van der Waals surface area contributed by atoms with Crippen molar-refractivity contribution in [1.82, 2.24) is 10.2 Å². The van der Waals surface area contributed by atoms with Crippen LogP contribution in [-0.4, -0.2) is 49.5 Å². The Morgan fingerprint density at radius 1 is 1.35 bits per heavy atom. The molecule has 0 bridgehead atoms. The van der Waals surface area contributed by atoms with Gasteiger partial charge in [-0.05, 0) is 19.3 Å². The number of amides is 1. The second-order valence-electron chi connectivity index (χ2n) is 4.87. The Morgan fingerprint density at radius 2 is 2.00 bits per heavy atom. The van der Waals surface area contributed by atoms with Crippen LogP contribution in [0.2, 0.25) is 0 Å². The highest BCUT2D eigenvalue weighted by Crippen LogP contribution is 2.23. The van der Waals surface area contributed by atoms with Gasteiger partial charge in [-0.2, -0.15) is 0 Å². The quantitative estimate of drug-likeness (QED) is 0.783.